The summed E-state index contributed by atoms with van der Waals surface area (Å²) in [7, 11) is 0. The first kappa shape index (κ1) is 12.9. The van der Waals surface area contributed by atoms with E-state index in [0.29, 0.717) is 6.42 Å². The first-order valence-electron chi connectivity index (χ1n) is 6.27. The Bertz CT molecular complexity index is 405. The molecule has 1 aliphatic heterocycles. The van der Waals surface area contributed by atoms with E-state index in [9.17, 15) is 9.90 Å². The maximum atomic E-state index is 11.5. The number of carbonyl (C=O) groups excluding carboxylic acids is 1. The Morgan fingerprint density at radius 3 is 2.61 bits per heavy atom. The minimum absolute atomic E-state index is 0.101. The Kier molecular flexibility index (Phi) is 3.87. The van der Waals surface area contributed by atoms with Gasteiger partial charge < -0.3 is 15.2 Å². The van der Waals surface area contributed by atoms with E-state index in [1.165, 1.54) is 0 Å². The second-order valence-electron chi connectivity index (χ2n) is 5.05. The first-order valence-corrected chi connectivity index (χ1v) is 6.27. The molecule has 1 aromatic rings. The Labute approximate surface area is 107 Å². The largest absolute Gasteiger partial charge is 0.443 e. The van der Waals surface area contributed by atoms with E-state index < -0.39 is 18.3 Å². The van der Waals surface area contributed by atoms with Gasteiger partial charge >= 0.3 is 6.09 Å². The van der Waals surface area contributed by atoms with E-state index in [1.54, 1.807) is 0 Å². The quantitative estimate of drug-likeness (QED) is 0.857. The van der Waals surface area contributed by atoms with Crippen LogP contribution in [-0.4, -0.2) is 29.4 Å². The normalized spacial score (nSPS) is 27.8. The van der Waals surface area contributed by atoms with E-state index in [4.69, 9.17) is 4.74 Å². The molecule has 4 nitrogen and oxygen atoms in total. The number of ether oxygens (including phenoxy) is 1. The van der Waals surface area contributed by atoms with Gasteiger partial charge in [-0.3, -0.25) is 0 Å². The molecule has 2 rings (SSSR count). The number of hydrogen-bond acceptors (Lipinski definition) is 3. The van der Waals surface area contributed by atoms with Gasteiger partial charge in [0.1, 0.15) is 12.2 Å². The van der Waals surface area contributed by atoms with E-state index in [0.717, 1.165) is 5.56 Å². The van der Waals surface area contributed by atoms with Crippen LogP contribution < -0.4 is 5.32 Å². The summed E-state index contributed by atoms with van der Waals surface area (Å²) < 4.78 is 5.13. The molecule has 4 heteroatoms. The van der Waals surface area contributed by atoms with Crippen molar-refractivity contribution in [1.82, 2.24) is 5.32 Å². The third kappa shape index (κ3) is 2.82. The molecule has 0 aliphatic carbocycles. The molecule has 0 spiro atoms. The SMILES string of the molecule is CC(C)[C@@H]1OC(=O)N[C@@H](Cc2ccccc2)[C@H]1O. The summed E-state index contributed by atoms with van der Waals surface area (Å²) in [6, 6.07) is 9.52. The van der Waals surface area contributed by atoms with Gasteiger partial charge in [0.05, 0.1) is 6.04 Å². The molecule has 1 aromatic carbocycles. The average molecular weight is 249 g/mol. The van der Waals surface area contributed by atoms with Gasteiger partial charge in [0.15, 0.2) is 0 Å². The van der Waals surface area contributed by atoms with Gasteiger partial charge in [0, 0.05) is 0 Å². The van der Waals surface area contributed by atoms with Crippen LogP contribution in [0.5, 0.6) is 0 Å². The molecule has 0 bridgehead atoms. The van der Waals surface area contributed by atoms with Crippen LogP contribution in [0, 0.1) is 5.92 Å². The highest BCUT2D eigenvalue weighted by atomic mass is 16.6. The van der Waals surface area contributed by atoms with Crippen LogP contribution in [0.3, 0.4) is 0 Å². The third-order valence-electron chi connectivity index (χ3n) is 3.25. The van der Waals surface area contributed by atoms with Crippen molar-refractivity contribution in [3.8, 4) is 0 Å². The molecular weight excluding hydrogens is 230 g/mol. The first-order chi connectivity index (χ1) is 8.58. The maximum Gasteiger partial charge on any atom is 0.407 e. The Balaban J connectivity index is 2.09. The van der Waals surface area contributed by atoms with Crippen LogP contribution in [0.25, 0.3) is 0 Å². The fraction of sp³-hybridized carbons (Fsp3) is 0.500. The van der Waals surface area contributed by atoms with Crippen molar-refractivity contribution >= 4 is 6.09 Å². The van der Waals surface area contributed by atoms with Crippen molar-refractivity contribution in [2.24, 2.45) is 5.92 Å². The number of carbonyl (C=O) groups is 1. The molecule has 0 aromatic heterocycles. The standard InChI is InChI=1S/C14H19NO3/c1-9(2)13-12(16)11(15-14(17)18-13)8-10-6-4-3-5-7-10/h3-7,9,11-13,16H,8H2,1-2H3,(H,15,17)/t11-,12+,13-/m0/s1. The number of aliphatic hydroxyl groups excluding tert-OH is 1. The monoisotopic (exact) mass is 249 g/mol. The highest BCUT2D eigenvalue weighted by molar-refractivity contribution is 5.69. The van der Waals surface area contributed by atoms with Gasteiger partial charge in [0.25, 0.3) is 0 Å². The Hall–Kier alpha value is -1.55. The van der Waals surface area contributed by atoms with Gasteiger partial charge in [-0.15, -0.1) is 0 Å². The average Bonchev–Trinajstić information content (AvgIpc) is 2.34. The number of rotatable bonds is 3. The van der Waals surface area contributed by atoms with Crippen molar-refractivity contribution in [3.63, 3.8) is 0 Å². The van der Waals surface area contributed by atoms with Gasteiger partial charge in [-0.05, 0) is 17.9 Å². The van der Waals surface area contributed by atoms with Crippen LogP contribution >= 0.6 is 0 Å². The van der Waals surface area contributed by atoms with Crippen molar-refractivity contribution in [1.29, 1.82) is 0 Å². The lowest BCUT2D eigenvalue weighted by atomic mass is 9.91. The highest BCUT2D eigenvalue weighted by Crippen LogP contribution is 2.20. The summed E-state index contributed by atoms with van der Waals surface area (Å²) in [5.74, 6) is 0.101. The van der Waals surface area contributed by atoms with Gasteiger partial charge in [-0.25, -0.2) is 4.79 Å². The third-order valence-corrected chi connectivity index (χ3v) is 3.25. The zero-order chi connectivity index (χ0) is 13.1. The minimum atomic E-state index is -0.678. The summed E-state index contributed by atoms with van der Waals surface area (Å²) in [6.45, 7) is 3.87. The van der Waals surface area contributed by atoms with E-state index >= 15 is 0 Å². The van der Waals surface area contributed by atoms with Crippen LogP contribution in [0.1, 0.15) is 19.4 Å². The molecule has 1 heterocycles. The number of amides is 1. The topological polar surface area (TPSA) is 58.6 Å². The fourth-order valence-corrected chi connectivity index (χ4v) is 2.26. The lowest BCUT2D eigenvalue weighted by molar-refractivity contribution is -0.0625. The second kappa shape index (κ2) is 5.40. The Morgan fingerprint density at radius 1 is 1.33 bits per heavy atom. The summed E-state index contributed by atoms with van der Waals surface area (Å²) in [5, 5.41) is 12.9. The van der Waals surface area contributed by atoms with Crippen LogP contribution in [-0.2, 0) is 11.2 Å². The Morgan fingerprint density at radius 2 is 2.00 bits per heavy atom. The summed E-state index contributed by atoms with van der Waals surface area (Å²) >= 11 is 0. The molecule has 1 aliphatic rings. The predicted molar refractivity (Wildman–Crippen MR) is 68.2 cm³/mol. The maximum absolute atomic E-state index is 11.5. The number of alkyl carbamates (subject to hydrolysis) is 1. The number of benzene rings is 1. The van der Waals surface area contributed by atoms with Gasteiger partial charge in [0.2, 0.25) is 0 Å². The summed E-state index contributed by atoms with van der Waals surface area (Å²) in [6.07, 6.45) is -0.948. The number of aliphatic hydroxyl groups is 1. The predicted octanol–water partition coefficient (Wildman–Crippen LogP) is 1.72. The van der Waals surface area contributed by atoms with Crippen molar-refractivity contribution in [2.75, 3.05) is 0 Å². The number of nitrogens with one attached hydrogen (secondary N) is 1. The molecule has 1 amide bonds. The minimum Gasteiger partial charge on any atom is -0.443 e. The van der Waals surface area contributed by atoms with Crippen LogP contribution in [0.15, 0.2) is 30.3 Å². The fourth-order valence-electron chi connectivity index (χ4n) is 2.26. The molecule has 98 valence electrons. The van der Waals surface area contributed by atoms with Crippen molar-refractivity contribution in [3.05, 3.63) is 35.9 Å². The van der Waals surface area contributed by atoms with Gasteiger partial charge in [-0.1, -0.05) is 44.2 Å². The van der Waals surface area contributed by atoms with E-state index in [-0.39, 0.29) is 12.0 Å². The molecule has 0 saturated carbocycles. The molecule has 0 unspecified atom stereocenters. The van der Waals surface area contributed by atoms with Crippen molar-refractivity contribution < 1.29 is 14.6 Å². The molecule has 1 fully saturated rings. The highest BCUT2D eigenvalue weighted by Gasteiger charge is 2.38. The number of hydrogen-bond donors (Lipinski definition) is 2. The van der Waals surface area contributed by atoms with E-state index in [2.05, 4.69) is 5.32 Å². The summed E-state index contributed by atoms with van der Waals surface area (Å²) in [5.41, 5.74) is 1.09. The number of cyclic esters (lactones) is 1. The lowest BCUT2D eigenvalue weighted by Crippen LogP contribution is -2.58. The smallest absolute Gasteiger partial charge is 0.407 e. The van der Waals surface area contributed by atoms with Crippen LogP contribution in [0.4, 0.5) is 4.79 Å². The van der Waals surface area contributed by atoms with E-state index in [1.807, 2.05) is 44.2 Å². The second-order valence-corrected chi connectivity index (χ2v) is 5.05. The molecule has 2 N–H and O–H groups in total. The summed E-state index contributed by atoms with van der Waals surface area (Å²) in [4.78, 5) is 11.5. The molecule has 0 radical (unpaired) electrons. The molecule has 1 saturated heterocycles. The zero-order valence-electron chi connectivity index (χ0n) is 10.7. The zero-order valence-corrected chi connectivity index (χ0v) is 10.7. The molecular formula is C14H19NO3. The van der Waals surface area contributed by atoms with Gasteiger partial charge in [-0.2, -0.15) is 0 Å². The molecule has 3 atom stereocenters. The molecule has 18 heavy (non-hydrogen) atoms. The van der Waals surface area contributed by atoms with Crippen LogP contribution in [0.2, 0.25) is 0 Å². The van der Waals surface area contributed by atoms with Crippen molar-refractivity contribution in [2.45, 2.75) is 38.5 Å². The lowest BCUT2D eigenvalue weighted by Gasteiger charge is -2.37.